The first-order valence-corrected chi connectivity index (χ1v) is 9.69. The van der Waals surface area contributed by atoms with Gasteiger partial charge in [0.2, 0.25) is 11.9 Å². The van der Waals surface area contributed by atoms with Crippen LogP contribution in [0.3, 0.4) is 0 Å². The zero-order chi connectivity index (χ0) is 19.5. The second-order valence-electron chi connectivity index (χ2n) is 7.84. The Morgan fingerprint density at radius 3 is 2.68 bits per heavy atom. The number of carbonyl (C=O) groups is 2. The van der Waals surface area contributed by atoms with E-state index in [9.17, 15) is 14.0 Å². The minimum absolute atomic E-state index is 0.109. The molecule has 2 atom stereocenters. The van der Waals surface area contributed by atoms with Gasteiger partial charge in [0.25, 0.3) is 5.91 Å². The molecule has 2 heterocycles. The van der Waals surface area contributed by atoms with Crippen LogP contribution >= 0.6 is 11.6 Å². The summed E-state index contributed by atoms with van der Waals surface area (Å²) in [5, 5.41) is 2.90. The molecule has 28 heavy (non-hydrogen) atoms. The zero-order valence-electron chi connectivity index (χ0n) is 15.0. The highest BCUT2D eigenvalue weighted by molar-refractivity contribution is 6.30. The number of nitrogens with zero attached hydrogens (tertiary/aromatic N) is 3. The third-order valence-corrected chi connectivity index (χ3v) is 6.00. The van der Waals surface area contributed by atoms with E-state index in [1.807, 2.05) is 12.1 Å². The Morgan fingerprint density at radius 2 is 2.04 bits per heavy atom. The Hall–Kier alpha value is -2.54. The van der Waals surface area contributed by atoms with Gasteiger partial charge in [0.05, 0.1) is 17.4 Å². The molecule has 0 radical (unpaired) electrons. The van der Waals surface area contributed by atoms with Crippen molar-refractivity contribution in [2.24, 2.45) is 0 Å². The Bertz CT molecular complexity index is 979. The van der Waals surface area contributed by atoms with E-state index in [1.54, 1.807) is 6.07 Å². The van der Waals surface area contributed by atoms with E-state index in [4.69, 9.17) is 11.6 Å². The number of amides is 2. The molecule has 1 spiro atoms. The van der Waals surface area contributed by atoms with Gasteiger partial charge in [-0.3, -0.25) is 14.9 Å². The maximum absolute atomic E-state index is 14.4. The van der Waals surface area contributed by atoms with Crippen molar-refractivity contribution in [2.75, 3.05) is 18.4 Å². The third-order valence-electron chi connectivity index (χ3n) is 5.81. The molecule has 2 fully saturated rings. The van der Waals surface area contributed by atoms with E-state index in [1.165, 1.54) is 22.9 Å². The Morgan fingerprint density at radius 1 is 1.32 bits per heavy atom. The summed E-state index contributed by atoms with van der Waals surface area (Å²) in [5.41, 5.74) is 1.83. The Labute approximate surface area is 166 Å². The molecule has 5 rings (SSSR count). The number of halogens is 2. The van der Waals surface area contributed by atoms with Crippen LogP contribution < -0.4 is 5.32 Å². The molecule has 0 unspecified atom stereocenters. The Balaban J connectivity index is 1.37. The predicted molar refractivity (Wildman–Crippen MR) is 101 cm³/mol. The number of nitrogens with one attached hydrogen (secondary N) is 1. The molecule has 0 saturated heterocycles. The lowest BCUT2D eigenvalue weighted by molar-refractivity contribution is -0.117. The molecular weight excluding hydrogens is 383 g/mol. The van der Waals surface area contributed by atoms with Crippen molar-refractivity contribution < 1.29 is 14.0 Å². The fraction of sp³-hybridized carbons (Fsp3) is 0.400. The molecule has 1 aromatic carbocycles. The molecule has 2 aliphatic carbocycles. The molecule has 6 nitrogen and oxygen atoms in total. The van der Waals surface area contributed by atoms with E-state index < -0.39 is 17.5 Å². The van der Waals surface area contributed by atoms with Crippen LogP contribution in [-0.2, 0) is 10.2 Å². The van der Waals surface area contributed by atoms with E-state index in [0.29, 0.717) is 22.9 Å². The van der Waals surface area contributed by atoms with Gasteiger partial charge in [0.1, 0.15) is 12.7 Å². The minimum atomic E-state index is -0.987. The molecule has 1 aromatic heterocycles. The van der Waals surface area contributed by atoms with Crippen LogP contribution in [0.1, 0.15) is 46.7 Å². The van der Waals surface area contributed by atoms with Crippen LogP contribution in [0.25, 0.3) is 0 Å². The first-order chi connectivity index (χ1) is 13.5. The number of benzene rings is 1. The summed E-state index contributed by atoms with van der Waals surface area (Å²) in [6.45, 7) is 0.0339. The van der Waals surface area contributed by atoms with E-state index in [0.717, 1.165) is 18.4 Å². The van der Waals surface area contributed by atoms with Crippen LogP contribution in [0.2, 0.25) is 5.02 Å². The fourth-order valence-electron chi connectivity index (χ4n) is 4.04. The highest BCUT2D eigenvalue weighted by Gasteiger charge is 2.61. The maximum atomic E-state index is 14.4. The third kappa shape index (κ3) is 2.94. The van der Waals surface area contributed by atoms with Crippen molar-refractivity contribution >= 4 is 29.4 Å². The van der Waals surface area contributed by atoms with Gasteiger partial charge in [-0.2, -0.15) is 0 Å². The average Bonchev–Trinajstić information content (AvgIpc) is 3.59. The lowest BCUT2D eigenvalue weighted by Crippen LogP contribution is -2.47. The molecule has 1 N–H and O–H groups in total. The normalized spacial score (nSPS) is 25.6. The lowest BCUT2D eigenvalue weighted by atomic mass is 9.84. The van der Waals surface area contributed by atoms with Crippen molar-refractivity contribution in [2.45, 2.75) is 36.8 Å². The van der Waals surface area contributed by atoms with Gasteiger partial charge in [-0.05, 0) is 42.4 Å². The standard InChI is InChI=1S/C20H18ClFN4O2/c21-13-7-23-19(24-8-13)25-17(27)9-26-10-20(6-16(20)22)15-5-12(11-1-2-11)3-4-14(15)18(26)28/h3-5,7-8,11,16H,1-2,6,9-10H2,(H,23,24,25,27)/t16-,20-/m0/s1. The SMILES string of the molecule is O=C(CN1C[C@@]2(C[C@@H]2F)c2cc(C3CC3)ccc2C1=O)Nc1ncc(Cl)cn1. The zero-order valence-corrected chi connectivity index (χ0v) is 15.7. The van der Waals surface area contributed by atoms with Crippen LogP contribution in [0.4, 0.5) is 10.3 Å². The molecular formula is C20H18ClFN4O2. The van der Waals surface area contributed by atoms with Crippen molar-refractivity contribution in [3.8, 4) is 0 Å². The molecule has 1 aliphatic heterocycles. The number of anilines is 1. The van der Waals surface area contributed by atoms with E-state index in [-0.39, 0.29) is 24.9 Å². The van der Waals surface area contributed by atoms with Crippen molar-refractivity contribution in [1.82, 2.24) is 14.9 Å². The summed E-state index contributed by atoms with van der Waals surface area (Å²) < 4.78 is 14.4. The van der Waals surface area contributed by atoms with Gasteiger partial charge in [0.15, 0.2) is 0 Å². The second kappa shape index (κ2) is 6.24. The summed E-state index contributed by atoms with van der Waals surface area (Å²) in [4.78, 5) is 34.6. The minimum Gasteiger partial charge on any atom is -0.328 e. The quantitative estimate of drug-likeness (QED) is 0.855. The molecule has 3 aliphatic rings. The number of hydrogen-bond acceptors (Lipinski definition) is 4. The van der Waals surface area contributed by atoms with Gasteiger partial charge >= 0.3 is 0 Å². The number of hydrogen-bond donors (Lipinski definition) is 1. The topological polar surface area (TPSA) is 75.2 Å². The van der Waals surface area contributed by atoms with E-state index in [2.05, 4.69) is 15.3 Å². The monoisotopic (exact) mass is 400 g/mol. The van der Waals surface area contributed by atoms with Gasteiger partial charge in [-0.1, -0.05) is 23.7 Å². The first-order valence-electron chi connectivity index (χ1n) is 9.31. The summed E-state index contributed by atoms with van der Waals surface area (Å²) in [7, 11) is 0. The molecule has 2 amide bonds. The highest BCUT2D eigenvalue weighted by atomic mass is 35.5. The summed E-state index contributed by atoms with van der Waals surface area (Å²) in [6, 6.07) is 5.77. The van der Waals surface area contributed by atoms with Gasteiger partial charge in [0, 0.05) is 17.5 Å². The number of alkyl halides is 1. The summed E-state index contributed by atoms with van der Waals surface area (Å²) >= 11 is 5.73. The van der Waals surface area contributed by atoms with Crippen LogP contribution in [0, 0.1) is 0 Å². The maximum Gasteiger partial charge on any atom is 0.254 e. The summed E-state index contributed by atoms with van der Waals surface area (Å²) in [6.07, 6.45) is 4.45. The Kier molecular flexibility index (Phi) is 3.91. The predicted octanol–water partition coefficient (Wildman–Crippen LogP) is 3.08. The van der Waals surface area contributed by atoms with Crippen LogP contribution in [0.5, 0.6) is 0 Å². The van der Waals surface area contributed by atoms with Crippen molar-refractivity contribution in [3.63, 3.8) is 0 Å². The van der Waals surface area contributed by atoms with E-state index >= 15 is 0 Å². The molecule has 0 bridgehead atoms. The summed E-state index contributed by atoms with van der Waals surface area (Å²) in [5.74, 6) is -0.0236. The smallest absolute Gasteiger partial charge is 0.254 e. The highest BCUT2D eigenvalue weighted by Crippen LogP contribution is 2.55. The van der Waals surface area contributed by atoms with Gasteiger partial charge < -0.3 is 4.90 Å². The molecule has 2 aromatic rings. The van der Waals surface area contributed by atoms with Crippen molar-refractivity contribution in [1.29, 1.82) is 0 Å². The molecule has 8 heteroatoms. The van der Waals surface area contributed by atoms with Crippen molar-refractivity contribution in [3.05, 3.63) is 52.3 Å². The van der Waals surface area contributed by atoms with Gasteiger partial charge in [-0.25, -0.2) is 14.4 Å². The average molecular weight is 401 g/mol. The number of carbonyl (C=O) groups excluding carboxylic acids is 2. The van der Waals surface area contributed by atoms with Gasteiger partial charge in [-0.15, -0.1) is 0 Å². The molecule has 2 saturated carbocycles. The van der Waals surface area contributed by atoms with Crippen LogP contribution in [0.15, 0.2) is 30.6 Å². The fourth-order valence-corrected chi connectivity index (χ4v) is 4.14. The number of aromatic nitrogens is 2. The number of fused-ring (bicyclic) bond motifs is 2. The largest absolute Gasteiger partial charge is 0.328 e. The second-order valence-corrected chi connectivity index (χ2v) is 8.28. The number of rotatable bonds is 4. The lowest BCUT2D eigenvalue weighted by Gasteiger charge is -2.34. The first kappa shape index (κ1) is 17.6. The molecule has 144 valence electrons. The van der Waals surface area contributed by atoms with Crippen LogP contribution in [-0.4, -0.2) is 45.9 Å².